The van der Waals surface area contributed by atoms with Gasteiger partial charge in [-0.25, -0.2) is 0 Å². The molecule has 1 fully saturated rings. The van der Waals surface area contributed by atoms with Gasteiger partial charge in [0.1, 0.15) is 6.61 Å². The van der Waals surface area contributed by atoms with Crippen molar-refractivity contribution in [2.45, 2.75) is 25.3 Å². The van der Waals surface area contributed by atoms with Gasteiger partial charge in [0, 0.05) is 37.0 Å². The lowest BCUT2D eigenvalue weighted by molar-refractivity contribution is -0.121. The first-order valence-corrected chi connectivity index (χ1v) is 6.81. The van der Waals surface area contributed by atoms with E-state index >= 15 is 0 Å². The molecule has 1 saturated carbocycles. The molecule has 1 heterocycles. The Kier molecular flexibility index (Phi) is 5.29. The Morgan fingerprint density at radius 2 is 2.19 bits per heavy atom. The minimum Gasteiger partial charge on any atom is -0.384 e. The van der Waals surface area contributed by atoms with Crippen LogP contribution in [0.15, 0.2) is 18.5 Å². The van der Waals surface area contributed by atoms with Crippen molar-refractivity contribution in [1.29, 1.82) is 0 Å². The Bertz CT molecular complexity index is 585. The summed E-state index contributed by atoms with van der Waals surface area (Å²) in [5.74, 6) is 4.84. The monoisotopic (exact) mass is 287 g/mol. The molecule has 0 bridgehead atoms. The van der Waals surface area contributed by atoms with Gasteiger partial charge in [-0.3, -0.25) is 14.6 Å². The van der Waals surface area contributed by atoms with Gasteiger partial charge < -0.3 is 15.7 Å². The predicted octanol–water partition coefficient (Wildman–Crippen LogP) is -0.176. The molecule has 1 aliphatic rings. The molecule has 0 radical (unpaired) electrons. The van der Waals surface area contributed by atoms with E-state index in [-0.39, 0.29) is 31.4 Å². The number of hydrogen-bond donors (Lipinski definition) is 3. The third-order valence-electron chi connectivity index (χ3n) is 2.89. The number of aliphatic hydroxyl groups is 1. The molecule has 1 aliphatic carbocycles. The van der Waals surface area contributed by atoms with E-state index in [1.165, 1.54) is 12.4 Å². The van der Waals surface area contributed by atoms with Crippen LogP contribution in [0.4, 0.5) is 0 Å². The molecule has 110 valence electrons. The molecule has 3 N–H and O–H groups in total. The quantitative estimate of drug-likeness (QED) is 0.655. The average molecular weight is 287 g/mol. The summed E-state index contributed by atoms with van der Waals surface area (Å²) < 4.78 is 0. The highest BCUT2D eigenvalue weighted by molar-refractivity contribution is 5.94. The molecule has 2 amide bonds. The predicted molar refractivity (Wildman–Crippen MR) is 76.3 cm³/mol. The van der Waals surface area contributed by atoms with Crippen LogP contribution >= 0.6 is 0 Å². The zero-order chi connectivity index (χ0) is 15.1. The minimum absolute atomic E-state index is 0.0431. The molecule has 6 nitrogen and oxygen atoms in total. The normalized spacial score (nSPS) is 13.0. The molecule has 2 rings (SSSR count). The second-order valence-electron chi connectivity index (χ2n) is 4.77. The van der Waals surface area contributed by atoms with Crippen LogP contribution in [-0.4, -0.2) is 41.1 Å². The second kappa shape index (κ2) is 7.41. The van der Waals surface area contributed by atoms with Crippen LogP contribution in [0, 0.1) is 11.8 Å². The molecule has 21 heavy (non-hydrogen) atoms. The number of nitrogens with one attached hydrogen (secondary N) is 2. The summed E-state index contributed by atoms with van der Waals surface area (Å²) in [7, 11) is 0. The van der Waals surface area contributed by atoms with E-state index in [0.29, 0.717) is 17.2 Å². The van der Waals surface area contributed by atoms with Crippen LogP contribution < -0.4 is 10.6 Å². The summed E-state index contributed by atoms with van der Waals surface area (Å²) in [5.41, 5.74) is 0.936. The van der Waals surface area contributed by atoms with Crippen LogP contribution in [0.3, 0.4) is 0 Å². The SMILES string of the molecule is O=C(CCNC(=O)c1cncc(C#CCO)c1)NC1CC1. The van der Waals surface area contributed by atoms with Gasteiger partial charge in [-0.05, 0) is 18.9 Å². The van der Waals surface area contributed by atoms with E-state index in [9.17, 15) is 9.59 Å². The Hall–Kier alpha value is -2.39. The Labute approximate surface area is 123 Å². The lowest BCUT2D eigenvalue weighted by Gasteiger charge is -2.06. The van der Waals surface area contributed by atoms with Crippen LogP contribution in [0.1, 0.15) is 35.2 Å². The van der Waals surface area contributed by atoms with E-state index in [0.717, 1.165) is 12.8 Å². The van der Waals surface area contributed by atoms with Crippen molar-refractivity contribution in [2.24, 2.45) is 0 Å². The van der Waals surface area contributed by atoms with Gasteiger partial charge in [-0.15, -0.1) is 0 Å². The maximum Gasteiger partial charge on any atom is 0.252 e. The summed E-state index contributed by atoms with van der Waals surface area (Å²) in [5, 5.41) is 14.2. The molecule has 0 aromatic carbocycles. The second-order valence-corrected chi connectivity index (χ2v) is 4.77. The lowest BCUT2D eigenvalue weighted by Crippen LogP contribution is -2.31. The molecular weight excluding hydrogens is 270 g/mol. The molecule has 0 unspecified atom stereocenters. The topological polar surface area (TPSA) is 91.3 Å². The van der Waals surface area contributed by atoms with Crippen LogP contribution in [-0.2, 0) is 4.79 Å². The number of pyridine rings is 1. The Balaban J connectivity index is 1.80. The van der Waals surface area contributed by atoms with Crippen molar-refractivity contribution in [3.63, 3.8) is 0 Å². The maximum atomic E-state index is 11.9. The molecule has 0 aliphatic heterocycles. The minimum atomic E-state index is -0.297. The van der Waals surface area contributed by atoms with Gasteiger partial charge in [-0.2, -0.15) is 0 Å². The standard InChI is InChI=1S/C15H17N3O3/c19-7-1-2-11-8-12(10-16-9-11)15(21)17-6-5-14(20)18-13-3-4-13/h8-10,13,19H,3-7H2,(H,17,21)(H,18,20). The highest BCUT2D eigenvalue weighted by Crippen LogP contribution is 2.18. The fraction of sp³-hybridized carbons (Fsp3) is 0.400. The largest absolute Gasteiger partial charge is 0.384 e. The zero-order valence-corrected chi connectivity index (χ0v) is 11.6. The summed E-state index contributed by atoms with van der Waals surface area (Å²) in [6, 6.07) is 1.93. The molecule has 0 saturated heterocycles. The fourth-order valence-corrected chi connectivity index (χ4v) is 1.69. The molecule has 0 atom stereocenters. The number of nitrogens with zero attached hydrogens (tertiary/aromatic N) is 1. The van der Waals surface area contributed by atoms with Gasteiger partial charge >= 0.3 is 0 Å². The number of rotatable bonds is 5. The van der Waals surface area contributed by atoms with Gasteiger partial charge in [0.2, 0.25) is 5.91 Å². The third kappa shape index (κ3) is 5.24. The van der Waals surface area contributed by atoms with Crippen molar-refractivity contribution in [2.75, 3.05) is 13.2 Å². The van der Waals surface area contributed by atoms with Crippen molar-refractivity contribution in [3.05, 3.63) is 29.6 Å². The fourth-order valence-electron chi connectivity index (χ4n) is 1.69. The summed E-state index contributed by atoms with van der Waals surface area (Å²) >= 11 is 0. The first kappa shape index (κ1) is 15.0. The van der Waals surface area contributed by atoms with Crippen molar-refractivity contribution < 1.29 is 14.7 Å². The van der Waals surface area contributed by atoms with Crippen LogP contribution in [0.25, 0.3) is 0 Å². The summed E-state index contributed by atoms with van der Waals surface area (Å²) in [4.78, 5) is 27.3. The summed E-state index contributed by atoms with van der Waals surface area (Å²) in [6.07, 6.45) is 5.31. The molecule has 1 aromatic rings. The summed E-state index contributed by atoms with van der Waals surface area (Å²) in [6.45, 7) is 0.0382. The number of carbonyl (C=O) groups is 2. The average Bonchev–Trinajstić information content (AvgIpc) is 3.29. The number of aromatic nitrogens is 1. The molecular formula is C15H17N3O3. The Morgan fingerprint density at radius 1 is 1.38 bits per heavy atom. The van der Waals surface area contributed by atoms with Gasteiger partial charge in [-0.1, -0.05) is 11.8 Å². The maximum absolute atomic E-state index is 11.9. The molecule has 1 aromatic heterocycles. The van der Waals surface area contributed by atoms with Crippen LogP contribution in [0.2, 0.25) is 0 Å². The first-order valence-electron chi connectivity index (χ1n) is 6.81. The molecule has 6 heteroatoms. The van der Waals surface area contributed by atoms with Crippen molar-refractivity contribution in [3.8, 4) is 11.8 Å². The number of amides is 2. The highest BCUT2D eigenvalue weighted by Gasteiger charge is 2.22. The first-order chi connectivity index (χ1) is 10.2. The number of hydrogen-bond acceptors (Lipinski definition) is 4. The number of aliphatic hydroxyl groups excluding tert-OH is 1. The van der Waals surface area contributed by atoms with Crippen LogP contribution in [0.5, 0.6) is 0 Å². The van der Waals surface area contributed by atoms with E-state index in [2.05, 4.69) is 27.5 Å². The van der Waals surface area contributed by atoms with E-state index < -0.39 is 0 Å². The van der Waals surface area contributed by atoms with Gasteiger partial charge in [0.05, 0.1) is 5.56 Å². The zero-order valence-electron chi connectivity index (χ0n) is 11.6. The van der Waals surface area contributed by atoms with Gasteiger partial charge in [0.25, 0.3) is 5.91 Å². The number of carbonyl (C=O) groups excluding carboxylic acids is 2. The van der Waals surface area contributed by atoms with E-state index in [4.69, 9.17) is 5.11 Å². The van der Waals surface area contributed by atoms with Gasteiger partial charge in [0.15, 0.2) is 0 Å². The lowest BCUT2D eigenvalue weighted by atomic mass is 10.2. The van der Waals surface area contributed by atoms with Crippen molar-refractivity contribution in [1.82, 2.24) is 15.6 Å². The van der Waals surface area contributed by atoms with E-state index in [1.807, 2.05) is 0 Å². The molecule has 0 spiro atoms. The van der Waals surface area contributed by atoms with E-state index in [1.54, 1.807) is 6.07 Å². The van der Waals surface area contributed by atoms with Crippen molar-refractivity contribution >= 4 is 11.8 Å². The smallest absolute Gasteiger partial charge is 0.252 e. The highest BCUT2D eigenvalue weighted by atomic mass is 16.2. The Morgan fingerprint density at radius 3 is 2.90 bits per heavy atom. The third-order valence-corrected chi connectivity index (χ3v) is 2.89.